The molecule has 2 aliphatic heterocycles. The predicted molar refractivity (Wildman–Crippen MR) is 75.8 cm³/mol. The van der Waals surface area contributed by atoms with Gasteiger partial charge in [-0.25, -0.2) is 0 Å². The molecule has 0 spiro atoms. The summed E-state index contributed by atoms with van der Waals surface area (Å²) < 4.78 is 6.34. The van der Waals surface area contributed by atoms with Gasteiger partial charge in [0.1, 0.15) is 5.72 Å². The summed E-state index contributed by atoms with van der Waals surface area (Å²) in [6.07, 6.45) is 8.24. The van der Waals surface area contributed by atoms with E-state index in [2.05, 4.69) is 35.6 Å². The summed E-state index contributed by atoms with van der Waals surface area (Å²) >= 11 is 0. The first kappa shape index (κ1) is 11.9. The maximum absolute atomic E-state index is 6.34. The van der Waals surface area contributed by atoms with Crippen LogP contribution in [0.2, 0.25) is 0 Å². The molecule has 2 saturated carbocycles. The van der Waals surface area contributed by atoms with Gasteiger partial charge < -0.3 is 4.74 Å². The van der Waals surface area contributed by atoms with E-state index in [9.17, 15) is 0 Å². The highest BCUT2D eigenvalue weighted by atomic mass is 16.5. The van der Waals surface area contributed by atoms with Crippen molar-refractivity contribution >= 4 is 0 Å². The maximum atomic E-state index is 6.34. The third kappa shape index (κ3) is 2.32. The molecule has 0 unspecified atom stereocenters. The van der Waals surface area contributed by atoms with E-state index >= 15 is 0 Å². The number of ether oxygens (including phenoxy) is 1. The van der Waals surface area contributed by atoms with Crippen LogP contribution in [0.15, 0.2) is 30.3 Å². The SMILES string of the molecule is c1ccc(CCN[C@]23C[C@@H]4C[C@@H](C[C@H](C4)O2)C3)cc1. The van der Waals surface area contributed by atoms with Gasteiger partial charge in [0, 0.05) is 6.54 Å². The van der Waals surface area contributed by atoms with Gasteiger partial charge in [0.25, 0.3) is 0 Å². The predicted octanol–water partition coefficient (Wildman–Crippen LogP) is 3.12. The molecule has 2 heterocycles. The molecular weight excluding hydrogens is 234 g/mol. The fourth-order valence-corrected chi connectivity index (χ4v) is 4.63. The molecule has 2 saturated heterocycles. The maximum Gasteiger partial charge on any atom is 0.120 e. The van der Waals surface area contributed by atoms with Gasteiger partial charge in [-0.15, -0.1) is 0 Å². The van der Waals surface area contributed by atoms with Crippen LogP contribution in [-0.2, 0) is 11.2 Å². The third-order valence-corrected chi connectivity index (χ3v) is 5.19. The van der Waals surface area contributed by atoms with Crippen LogP contribution in [0.25, 0.3) is 0 Å². The Bertz CT molecular complexity index is 407. The minimum absolute atomic E-state index is 0.0313. The Balaban J connectivity index is 1.38. The summed E-state index contributed by atoms with van der Waals surface area (Å²) in [4.78, 5) is 0. The van der Waals surface area contributed by atoms with E-state index in [1.54, 1.807) is 0 Å². The fourth-order valence-electron chi connectivity index (χ4n) is 4.63. The summed E-state index contributed by atoms with van der Waals surface area (Å²) in [7, 11) is 0. The van der Waals surface area contributed by atoms with Crippen LogP contribution in [0.1, 0.15) is 37.7 Å². The van der Waals surface area contributed by atoms with Crippen molar-refractivity contribution < 1.29 is 4.74 Å². The monoisotopic (exact) mass is 257 g/mol. The molecule has 1 N–H and O–H groups in total. The van der Waals surface area contributed by atoms with Gasteiger partial charge in [0.2, 0.25) is 0 Å². The summed E-state index contributed by atoms with van der Waals surface area (Å²) in [5.41, 5.74) is 1.45. The molecule has 4 fully saturated rings. The van der Waals surface area contributed by atoms with Crippen molar-refractivity contribution in [2.45, 2.75) is 50.4 Å². The van der Waals surface area contributed by atoms with E-state index in [1.165, 1.54) is 37.7 Å². The Hall–Kier alpha value is -0.860. The van der Waals surface area contributed by atoms with Crippen LogP contribution < -0.4 is 5.32 Å². The van der Waals surface area contributed by atoms with Gasteiger partial charge >= 0.3 is 0 Å². The molecule has 102 valence electrons. The number of benzene rings is 1. The average molecular weight is 257 g/mol. The molecule has 0 aromatic heterocycles. The first-order chi connectivity index (χ1) is 9.31. The molecule has 1 aromatic carbocycles. The zero-order valence-electron chi connectivity index (χ0n) is 11.5. The fraction of sp³-hybridized carbons (Fsp3) is 0.647. The highest BCUT2D eigenvalue weighted by molar-refractivity contribution is 5.15. The molecule has 4 bridgehead atoms. The Morgan fingerprint density at radius 1 is 1.05 bits per heavy atom. The van der Waals surface area contributed by atoms with Crippen molar-refractivity contribution in [1.29, 1.82) is 0 Å². The van der Waals surface area contributed by atoms with Gasteiger partial charge in [-0.05, 0) is 55.9 Å². The standard InChI is InChI=1S/C17H23NO/c1-2-4-13(5-3-1)6-7-18-17-11-14-8-15(12-17)10-16(9-14)19-17/h1-5,14-16,18H,6-12H2/t14-,15+,16+,17-. The highest BCUT2D eigenvalue weighted by Crippen LogP contribution is 2.51. The minimum atomic E-state index is 0.0313. The number of hydrogen-bond acceptors (Lipinski definition) is 2. The molecular formula is C17H23NO. The smallest absolute Gasteiger partial charge is 0.120 e. The topological polar surface area (TPSA) is 21.3 Å². The second kappa shape index (κ2) is 4.60. The van der Waals surface area contributed by atoms with Crippen LogP contribution in [-0.4, -0.2) is 18.4 Å². The van der Waals surface area contributed by atoms with Gasteiger partial charge in [-0.1, -0.05) is 30.3 Å². The van der Waals surface area contributed by atoms with Crippen LogP contribution in [0.5, 0.6) is 0 Å². The molecule has 2 nitrogen and oxygen atoms in total. The molecule has 5 rings (SSSR count). The van der Waals surface area contributed by atoms with E-state index < -0.39 is 0 Å². The van der Waals surface area contributed by atoms with E-state index in [0.717, 1.165) is 24.8 Å². The van der Waals surface area contributed by atoms with Crippen molar-refractivity contribution in [2.75, 3.05) is 6.54 Å². The van der Waals surface area contributed by atoms with Gasteiger partial charge in [-0.3, -0.25) is 5.32 Å². The lowest BCUT2D eigenvalue weighted by Crippen LogP contribution is -2.62. The summed E-state index contributed by atoms with van der Waals surface area (Å²) in [5, 5.41) is 3.75. The Morgan fingerprint density at radius 2 is 1.79 bits per heavy atom. The second-order valence-electron chi connectivity index (χ2n) is 6.74. The van der Waals surface area contributed by atoms with E-state index in [-0.39, 0.29) is 5.72 Å². The molecule has 2 heteroatoms. The quantitative estimate of drug-likeness (QED) is 0.895. The van der Waals surface area contributed by atoms with Crippen LogP contribution in [0.4, 0.5) is 0 Å². The Kier molecular flexibility index (Phi) is 2.89. The van der Waals surface area contributed by atoms with Crippen LogP contribution in [0.3, 0.4) is 0 Å². The lowest BCUT2D eigenvalue weighted by atomic mass is 9.65. The van der Waals surface area contributed by atoms with Gasteiger partial charge in [0.15, 0.2) is 0 Å². The molecule has 0 amide bonds. The zero-order valence-corrected chi connectivity index (χ0v) is 11.5. The first-order valence-corrected chi connectivity index (χ1v) is 7.78. The molecule has 2 aliphatic carbocycles. The minimum Gasteiger partial charge on any atom is -0.357 e. The lowest BCUT2D eigenvalue weighted by Gasteiger charge is -2.56. The molecule has 4 aliphatic rings. The molecule has 19 heavy (non-hydrogen) atoms. The number of hydrogen-bond donors (Lipinski definition) is 1. The van der Waals surface area contributed by atoms with Crippen molar-refractivity contribution in [2.24, 2.45) is 11.8 Å². The lowest BCUT2D eigenvalue weighted by molar-refractivity contribution is -0.233. The van der Waals surface area contributed by atoms with Gasteiger partial charge in [-0.2, -0.15) is 0 Å². The Morgan fingerprint density at radius 3 is 2.47 bits per heavy atom. The first-order valence-electron chi connectivity index (χ1n) is 7.78. The van der Waals surface area contributed by atoms with Crippen molar-refractivity contribution in [3.8, 4) is 0 Å². The van der Waals surface area contributed by atoms with Crippen molar-refractivity contribution in [3.05, 3.63) is 35.9 Å². The second-order valence-corrected chi connectivity index (χ2v) is 6.74. The van der Waals surface area contributed by atoms with E-state index in [4.69, 9.17) is 4.74 Å². The Labute approximate surface area is 115 Å². The average Bonchev–Trinajstić information content (AvgIpc) is 2.38. The summed E-state index contributed by atoms with van der Waals surface area (Å²) in [6, 6.07) is 10.7. The molecule has 1 aromatic rings. The number of nitrogens with one attached hydrogen (secondary N) is 1. The van der Waals surface area contributed by atoms with Crippen LogP contribution >= 0.6 is 0 Å². The molecule has 4 atom stereocenters. The van der Waals surface area contributed by atoms with Gasteiger partial charge in [0.05, 0.1) is 6.10 Å². The zero-order chi connectivity index (χ0) is 12.7. The van der Waals surface area contributed by atoms with Crippen molar-refractivity contribution in [3.63, 3.8) is 0 Å². The van der Waals surface area contributed by atoms with E-state index in [0.29, 0.717) is 6.10 Å². The third-order valence-electron chi connectivity index (χ3n) is 5.19. The van der Waals surface area contributed by atoms with E-state index in [1.807, 2.05) is 0 Å². The summed E-state index contributed by atoms with van der Waals surface area (Å²) in [5.74, 6) is 1.85. The number of rotatable bonds is 4. The molecule has 0 radical (unpaired) electrons. The largest absolute Gasteiger partial charge is 0.357 e. The van der Waals surface area contributed by atoms with Crippen LogP contribution in [0, 0.1) is 11.8 Å². The normalized spacial score (nSPS) is 39.7. The summed E-state index contributed by atoms with van der Waals surface area (Å²) in [6.45, 7) is 1.04. The van der Waals surface area contributed by atoms with Crippen molar-refractivity contribution in [1.82, 2.24) is 5.32 Å². The highest BCUT2D eigenvalue weighted by Gasteiger charge is 2.51.